The van der Waals surface area contributed by atoms with Crippen molar-refractivity contribution in [3.63, 3.8) is 0 Å². The van der Waals surface area contributed by atoms with Gasteiger partial charge in [-0.1, -0.05) is 19.3 Å². The van der Waals surface area contributed by atoms with Gasteiger partial charge in [0.05, 0.1) is 26.4 Å². The van der Waals surface area contributed by atoms with Gasteiger partial charge in [0.1, 0.15) is 0 Å². The van der Waals surface area contributed by atoms with E-state index in [1.807, 2.05) is 6.92 Å². The topological polar surface area (TPSA) is 58.1 Å². The van der Waals surface area contributed by atoms with Crippen molar-refractivity contribution in [2.24, 2.45) is 4.99 Å². The van der Waals surface area contributed by atoms with Gasteiger partial charge < -0.3 is 20.1 Å². The number of rotatable bonds is 8. The number of halogens is 1. The normalized spacial score (nSPS) is 21.4. The summed E-state index contributed by atoms with van der Waals surface area (Å²) in [5.74, 6) is 0.912. The fourth-order valence-electron chi connectivity index (χ4n) is 3.78. The molecule has 0 aromatic carbocycles. The highest BCUT2D eigenvalue weighted by Crippen LogP contribution is 2.34. The summed E-state index contributed by atoms with van der Waals surface area (Å²) in [5, 5.41) is 6.75. The van der Waals surface area contributed by atoms with Gasteiger partial charge in [0.2, 0.25) is 0 Å². The van der Waals surface area contributed by atoms with Crippen LogP contribution >= 0.6 is 24.0 Å². The van der Waals surface area contributed by atoms with Crippen LogP contribution in [0.5, 0.6) is 0 Å². The van der Waals surface area contributed by atoms with Crippen molar-refractivity contribution in [2.45, 2.75) is 51.5 Å². The molecule has 1 aliphatic heterocycles. The first-order valence-electron chi connectivity index (χ1n) is 9.73. The molecule has 2 aliphatic rings. The van der Waals surface area contributed by atoms with Crippen LogP contribution in [0.25, 0.3) is 0 Å². The second kappa shape index (κ2) is 13.1. The summed E-state index contributed by atoms with van der Waals surface area (Å²) in [6.45, 7) is 12.0. The molecule has 1 saturated heterocycles. The Hall–Kier alpha value is -0.120. The van der Waals surface area contributed by atoms with Crippen molar-refractivity contribution in [2.75, 3.05) is 59.2 Å². The third-order valence-corrected chi connectivity index (χ3v) is 5.08. The molecule has 1 saturated carbocycles. The lowest BCUT2D eigenvalue weighted by Crippen LogP contribution is -2.56. The molecule has 0 unspecified atom stereocenters. The van der Waals surface area contributed by atoms with E-state index < -0.39 is 0 Å². The van der Waals surface area contributed by atoms with Gasteiger partial charge in [-0.05, 0) is 26.7 Å². The summed E-state index contributed by atoms with van der Waals surface area (Å²) in [4.78, 5) is 7.58. The molecule has 0 amide bonds. The molecule has 0 aromatic rings. The first-order chi connectivity index (χ1) is 11.8. The minimum Gasteiger partial charge on any atom is -0.380 e. The van der Waals surface area contributed by atoms with E-state index in [2.05, 4.69) is 22.5 Å². The second-order valence-electron chi connectivity index (χ2n) is 6.70. The number of hydrogen-bond acceptors (Lipinski definition) is 4. The molecular weight excluding hydrogens is 431 g/mol. The lowest BCUT2D eigenvalue weighted by Gasteiger charge is -2.47. The van der Waals surface area contributed by atoms with Crippen molar-refractivity contribution in [1.82, 2.24) is 15.5 Å². The van der Waals surface area contributed by atoms with Gasteiger partial charge in [-0.3, -0.25) is 9.89 Å². The molecule has 2 N–H and O–H groups in total. The molecule has 0 spiro atoms. The van der Waals surface area contributed by atoms with Crippen LogP contribution in [-0.4, -0.2) is 75.5 Å². The van der Waals surface area contributed by atoms with Crippen molar-refractivity contribution in [3.05, 3.63) is 0 Å². The van der Waals surface area contributed by atoms with Crippen LogP contribution < -0.4 is 10.6 Å². The second-order valence-corrected chi connectivity index (χ2v) is 6.70. The van der Waals surface area contributed by atoms with Crippen molar-refractivity contribution in [1.29, 1.82) is 0 Å². The van der Waals surface area contributed by atoms with Crippen LogP contribution in [-0.2, 0) is 9.47 Å². The van der Waals surface area contributed by atoms with Crippen LogP contribution in [0, 0.1) is 0 Å². The largest absolute Gasteiger partial charge is 0.380 e. The monoisotopic (exact) mass is 468 g/mol. The van der Waals surface area contributed by atoms with E-state index >= 15 is 0 Å². The highest BCUT2D eigenvalue weighted by atomic mass is 127. The smallest absolute Gasteiger partial charge is 0.191 e. The number of guanidine groups is 1. The highest BCUT2D eigenvalue weighted by molar-refractivity contribution is 14.0. The molecule has 1 aliphatic carbocycles. The van der Waals surface area contributed by atoms with Crippen molar-refractivity contribution < 1.29 is 9.47 Å². The lowest BCUT2D eigenvalue weighted by atomic mass is 9.80. The Kier molecular flexibility index (Phi) is 12.0. The minimum absolute atomic E-state index is 0. The molecule has 7 heteroatoms. The zero-order valence-corrected chi connectivity index (χ0v) is 18.3. The number of aliphatic imine (C=N–C) groups is 1. The van der Waals surface area contributed by atoms with Crippen LogP contribution in [0.3, 0.4) is 0 Å². The van der Waals surface area contributed by atoms with E-state index in [0.29, 0.717) is 0 Å². The number of ether oxygens (including phenoxy) is 2. The maximum Gasteiger partial charge on any atom is 0.191 e. The maximum absolute atomic E-state index is 5.56. The Labute approximate surface area is 170 Å². The third-order valence-electron chi connectivity index (χ3n) is 5.08. The van der Waals surface area contributed by atoms with E-state index in [1.54, 1.807) is 0 Å². The Balaban J connectivity index is 0.00000312. The Bertz CT molecular complexity index is 370. The van der Waals surface area contributed by atoms with Crippen LogP contribution in [0.4, 0.5) is 0 Å². The van der Waals surface area contributed by atoms with E-state index in [1.165, 1.54) is 32.1 Å². The van der Waals surface area contributed by atoms with Crippen molar-refractivity contribution in [3.8, 4) is 0 Å². The third kappa shape index (κ3) is 7.56. The number of hydrogen-bond donors (Lipinski definition) is 2. The van der Waals surface area contributed by atoms with E-state index in [-0.39, 0.29) is 29.5 Å². The number of nitrogens with zero attached hydrogens (tertiary/aromatic N) is 2. The standard InChI is InChI=1S/C18H36N4O2.HI/c1-3-19-17(20-10-13-23-4-2)21-16-18(8-6-5-7-9-18)22-11-14-24-15-12-22;/h3-16H2,1-2H3,(H2,19,20,21);1H. The zero-order chi connectivity index (χ0) is 17.1. The molecule has 0 aromatic heterocycles. The maximum atomic E-state index is 5.56. The number of morpholine rings is 1. The summed E-state index contributed by atoms with van der Waals surface area (Å²) < 4.78 is 11.0. The Morgan fingerprint density at radius 1 is 1.12 bits per heavy atom. The van der Waals surface area contributed by atoms with E-state index in [4.69, 9.17) is 14.5 Å². The van der Waals surface area contributed by atoms with Crippen LogP contribution in [0.1, 0.15) is 46.0 Å². The summed E-state index contributed by atoms with van der Waals surface area (Å²) in [5.41, 5.74) is 0.226. The molecule has 0 atom stereocenters. The average molecular weight is 468 g/mol. The zero-order valence-electron chi connectivity index (χ0n) is 16.0. The summed E-state index contributed by atoms with van der Waals surface area (Å²) in [6.07, 6.45) is 6.52. The first-order valence-corrected chi connectivity index (χ1v) is 9.73. The van der Waals surface area contributed by atoms with Crippen LogP contribution in [0.15, 0.2) is 4.99 Å². The van der Waals surface area contributed by atoms with Gasteiger partial charge in [0.25, 0.3) is 0 Å². The molecule has 0 radical (unpaired) electrons. The van der Waals surface area contributed by atoms with Gasteiger partial charge in [0, 0.05) is 38.3 Å². The summed E-state index contributed by atoms with van der Waals surface area (Å²) in [6, 6.07) is 0. The summed E-state index contributed by atoms with van der Waals surface area (Å²) >= 11 is 0. The SMILES string of the molecule is CCNC(=NCC1(N2CCOCC2)CCCCC1)NCCOCC.I. The fourth-order valence-corrected chi connectivity index (χ4v) is 3.78. The van der Waals surface area contributed by atoms with Gasteiger partial charge in [0.15, 0.2) is 5.96 Å². The van der Waals surface area contributed by atoms with Crippen LogP contribution in [0.2, 0.25) is 0 Å². The quantitative estimate of drug-likeness (QED) is 0.248. The van der Waals surface area contributed by atoms with Gasteiger partial charge in [-0.15, -0.1) is 24.0 Å². The molecule has 25 heavy (non-hydrogen) atoms. The molecule has 148 valence electrons. The predicted molar refractivity (Wildman–Crippen MR) is 114 cm³/mol. The number of nitrogens with one attached hydrogen (secondary N) is 2. The molecule has 2 fully saturated rings. The minimum atomic E-state index is 0. The van der Waals surface area contributed by atoms with Gasteiger partial charge in [-0.25, -0.2) is 0 Å². The Morgan fingerprint density at radius 3 is 2.48 bits per heavy atom. The first kappa shape index (κ1) is 22.9. The molecule has 6 nitrogen and oxygen atoms in total. The lowest BCUT2D eigenvalue weighted by molar-refractivity contribution is -0.0333. The average Bonchev–Trinajstić information content (AvgIpc) is 2.64. The summed E-state index contributed by atoms with van der Waals surface area (Å²) in [7, 11) is 0. The fraction of sp³-hybridized carbons (Fsp3) is 0.944. The van der Waals surface area contributed by atoms with Crippen molar-refractivity contribution >= 4 is 29.9 Å². The molecule has 1 heterocycles. The highest BCUT2D eigenvalue weighted by Gasteiger charge is 2.38. The Morgan fingerprint density at radius 2 is 1.84 bits per heavy atom. The molecular formula is C18H37IN4O2. The van der Waals surface area contributed by atoms with E-state index in [0.717, 1.165) is 65.1 Å². The van der Waals surface area contributed by atoms with Gasteiger partial charge in [-0.2, -0.15) is 0 Å². The predicted octanol–water partition coefficient (Wildman–Crippen LogP) is 2.23. The van der Waals surface area contributed by atoms with Gasteiger partial charge >= 0.3 is 0 Å². The molecule has 0 bridgehead atoms. The van der Waals surface area contributed by atoms with E-state index in [9.17, 15) is 0 Å². The molecule has 2 rings (SSSR count).